The lowest BCUT2D eigenvalue weighted by Crippen LogP contribution is -2.32. The van der Waals surface area contributed by atoms with E-state index in [1.807, 2.05) is 50.2 Å². The number of aryl methyl sites for hydroxylation is 2. The molecule has 0 spiro atoms. The number of ether oxygens (including phenoxy) is 1. The van der Waals surface area contributed by atoms with Crippen LogP contribution in [0.25, 0.3) is 0 Å². The molecule has 1 N–H and O–H groups in total. The van der Waals surface area contributed by atoms with Crippen molar-refractivity contribution in [3.63, 3.8) is 0 Å². The van der Waals surface area contributed by atoms with E-state index in [4.69, 9.17) is 4.74 Å². The van der Waals surface area contributed by atoms with Gasteiger partial charge in [0.15, 0.2) is 5.78 Å². The summed E-state index contributed by atoms with van der Waals surface area (Å²) in [5.41, 5.74) is 3.57. The Labute approximate surface area is 159 Å². The predicted molar refractivity (Wildman–Crippen MR) is 103 cm³/mol. The summed E-state index contributed by atoms with van der Waals surface area (Å²) in [6.45, 7) is 5.83. The Morgan fingerprint density at radius 2 is 1.48 bits per heavy atom. The number of hydrogen-bond acceptors (Lipinski definition) is 4. The van der Waals surface area contributed by atoms with E-state index >= 15 is 0 Å². The summed E-state index contributed by atoms with van der Waals surface area (Å²) in [4.78, 5) is 36.4. The first-order valence-corrected chi connectivity index (χ1v) is 9.00. The zero-order valence-corrected chi connectivity index (χ0v) is 16.0. The van der Waals surface area contributed by atoms with Crippen molar-refractivity contribution in [1.82, 2.24) is 5.32 Å². The molecule has 2 rings (SSSR count). The van der Waals surface area contributed by atoms with E-state index in [2.05, 4.69) is 5.32 Å². The van der Waals surface area contributed by atoms with Gasteiger partial charge in [-0.15, -0.1) is 0 Å². The molecule has 0 radical (unpaired) electrons. The molecule has 2 aromatic rings. The van der Waals surface area contributed by atoms with Crippen molar-refractivity contribution in [2.75, 3.05) is 6.61 Å². The number of carbonyl (C=O) groups is 3. The SMILES string of the molecule is CCOC(=O)CC(=O)NC(CC(=O)c1ccc(C)cc1)c1ccc(C)cc1. The van der Waals surface area contributed by atoms with Crippen LogP contribution in [-0.2, 0) is 14.3 Å². The molecular weight excluding hydrogens is 342 g/mol. The van der Waals surface area contributed by atoms with E-state index in [0.29, 0.717) is 5.56 Å². The van der Waals surface area contributed by atoms with Crippen LogP contribution in [0.4, 0.5) is 0 Å². The molecule has 0 saturated heterocycles. The Hall–Kier alpha value is -2.95. The van der Waals surface area contributed by atoms with Gasteiger partial charge < -0.3 is 10.1 Å². The van der Waals surface area contributed by atoms with E-state index in [-0.39, 0.29) is 25.2 Å². The zero-order chi connectivity index (χ0) is 19.8. The topological polar surface area (TPSA) is 72.5 Å². The molecule has 0 aromatic heterocycles. The number of ketones is 1. The third-order valence-electron chi connectivity index (χ3n) is 4.19. The Morgan fingerprint density at radius 1 is 0.926 bits per heavy atom. The number of hydrogen-bond donors (Lipinski definition) is 1. The summed E-state index contributed by atoms with van der Waals surface area (Å²) in [6.07, 6.45) is -0.254. The Balaban J connectivity index is 2.15. The predicted octanol–water partition coefficient (Wildman–Crippen LogP) is 3.69. The van der Waals surface area contributed by atoms with E-state index < -0.39 is 17.9 Å². The summed E-state index contributed by atoms with van der Waals surface area (Å²) in [6, 6.07) is 14.4. The Morgan fingerprint density at radius 3 is 2.04 bits per heavy atom. The quantitative estimate of drug-likeness (QED) is 0.439. The van der Waals surface area contributed by atoms with Gasteiger partial charge in [0.2, 0.25) is 5.91 Å². The maximum absolute atomic E-state index is 12.7. The molecule has 2 aromatic carbocycles. The number of benzene rings is 2. The maximum atomic E-state index is 12.7. The van der Waals surface area contributed by atoms with Crippen molar-refractivity contribution in [1.29, 1.82) is 0 Å². The molecule has 1 atom stereocenters. The number of rotatable bonds is 8. The van der Waals surface area contributed by atoms with Crippen LogP contribution in [-0.4, -0.2) is 24.3 Å². The molecule has 142 valence electrons. The standard InChI is InChI=1S/C22H25NO4/c1-4-27-22(26)14-21(25)23-19(17-9-5-15(2)6-10-17)13-20(24)18-11-7-16(3)8-12-18/h5-12,19H,4,13-14H2,1-3H3,(H,23,25). The van der Waals surface area contributed by atoms with Crippen LogP contribution >= 0.6 is 0 Å². The lowest BCUT2D eigenvalue weighted by molar-refractivity contribution is -0.146. The van der Waals surface area contributed by atoms with Gasteiger partial charge in [-0.25, -0.2) is 0 Å². The smallest absolute Gasteiger partial charge is 0.315 e. The fraction of sp³-hybridized carbons (Fsp3) is 0.318. The number of carbonyl (C=O) groups excluding carboxylic acids is 3. The van der Waals surface area contributed by atoms with Crippen LogP contribution in [0.1, 0.15) is 52.9 Å². The number of nitrogens with one attached hydrogen (secondary N) is 1. The maximum Gasteiger partial charge on any atom is 0.315 e. The summed E-state index contributed by atoms with van der Waals surface area (Å²) in [5, 5.41) is 2.79. The number of Topliss-reactive ketones (excluding diaryl/α,β-unsaturated/α-hetero) is 1. The first-order chi connectivity index (χ1) is 12.9. The second-order valence-electron chi connectivity index (χ2n) is 6.51. The van der Waals surface area contributed by atoms with Gasteiger partial charge in [-0.1, -0.05) is 59.7 Å². The summed E-state index contributed by atoms with van der Waals surface area (Å²) < 4.78 is 4.81. The Bertz CT molecular complexity index is 794. The van der Waals surface area contributed by atoms with Gasteiger partial charge in [-0.05, 0) is 26.3 Å². The minimum atomic E-state index is -0.581. The fourth-order valence-electron chi connectivity index (χ4n) is 2.68. The molecule has 0 fully saturated rings. The van der Waals surface area contributed by atoms with Crippen molar-refractivity contribution in [2.24, 2.45) is 0 Å². The van der Waals surface area contributed by atoms with E-state index in [0.717, 1.165) is 16.7 Å². The molecule has 5 heteroatoms. The van der Waals surface area contributed by atoms with Gasteiger partial charge in [-0.3, -0.25) is 14.4 Å². The average Bonchev–Trinajstić information content (AvgIpc) is 2.62. The first kappa shape index (κ1) is 20.4. The highest BCUT2D eigenvalue weighted by atomic mass is 16.5. The molecule has 0 aliphatic carbocycles. The number of esters is 1. The lowest BCUT2D eigenvalue weighted by atomic mass is 9.96. The van der Waals surface area contributed by atoms with Crippen LogP contribution < -0.4 is 5.32 Å². The van der Waals surface area contributed by atoms with Gasteiger partial charge in [0.05, 0.1) is 12.6 Å². The second kappa shape index (κ2) is 9.67. The van der Waals surface area contributed by atoms with Crippen LogP contribution in [0.2, 0.25) is 0 Å². The zero-order valence-electron chi connectivity index (χ0n) is 16.0. The molecule has 5 nitrogen and oxygen atoms in total. The van der Waals surface area contributed by atoms with Crippen LogP contribution in [0.5, 0.6) is 0 Å². The van der Waals surface area contributed by atoms with Crippen LogP contribution in [0.3, 0.4) is 0 Å². The van der Waals surface area contributed by atoms with Crippen molar-refractivity contribution in [3.05, 3.63) is 70.8 Å². The summed E-state index contributed by atoms with van der Waals surface area (Å²) in [7, 11) is 0. The molecular formula is C22H25NO4. The molecule has 0 saturated carbocycles. The summed E-state index contributed by atoms with van der Waals surface area (Å²) in [5.74, 6) is -1.12. The highest BCUT2D eigenvalue weighted by molar-refractivity contribution is 5.98. The van der Waals surface area contributed by atoms with E-state index in [9.17, 15) is 14.4 Å². The Kier molecular flexibility index (Phi) is 7.29. The lowest BCUT2D eigenvalue weighted by Gasteiger charge is -2.19. The number of amides is 1. The average molecular weight is 367 g/mol. The molecule has 0 heterocycles. The van der Waals surface area contributed by atoms with Crippen molar-refractivity contribution >= 4 is 17.7 Å². The van der Waals surface area contributed by atoms with Gasteiger partial charge in [0, 0.05) is 12.0 Å². The first-order valence-electron chi connectivity index (χ1n) is 9.00. The summed E-state index contributed by atoms with van der Waals surface area (Å²) >= 11 is 0. The highest BCUT2D eigenvalue weighted by Gasteiger charge is 2.21. The van der Waals surface area contributed by atoms with Crippen LogP contribution in [0, 0.1) is 13.8 Å². The third kappa shape index (κ3) is 6.37. The van der Waals surface area contributed by atoms with Crippen LogP contribution in [0.15, 0.2) is 48.5 Å². The van der Waals surface area contributed by atoms with Crippen molar-refractivity contribution in [3.8, 4) is 0 Å². The van der Waals surface area contributed by atoms with Gasteiger partial charge >= 0.3 is 5.97 Å². The largest absolute Gasteiger partial charge is 0.466 e. The van der Waals surface area contributed by atoms with Gasteiger partial charge in [0.1, 0.15) is 6.42 Å². The molecule has 0 aliphatic heterocycles. The normalized spacial score (nSPS) is 11.5. The van der Waals surface area contributed by atoms with E-state index in [1.165, 1.54) is 0 Å². The minimum Gasteiger partial charge on any atom is -0.466 e. The fourth-order valence-corrected chi connectivity index (χ4v) is 2.68. The minimum absolute atomic E-state index is 0.0722. The third-order valence-corrected chi connectivity index (χ3v) is 4.19. The monoisotopic (exact) mass is 367 g/mol. The van der Waals surface area contributed by atoms with Crippen molar-refractivity contribution < 1.29 is 19.1 Å². The van der Waals surface area contributed by atoms with E-state index in [1.54, 1.807) is 19.1 Å². The highest BCUT2D eigenvalue weighted by Crippen LogP contribution is 2.21. The molecule has 1 unspecified atom stereocenters. The van der Waals surface area contributed by atoms with Gasteiger partial charge in [-0.2, -0.15) is 0 Å². The molecule has 0 bridgehead atoms. The van der Waals surface area contributed by atoms with Gasteiger partial charge in [0.25, 0.3) is 0 Å². The molecule has 1 amide bonds. The molecule has 27 heavy (non-hydrogen) atoms. The molecule has 0 aliphatic rings. The van der Waals surface area contributed by atoms with Crippen molar-refractivity contribution in [2.45, 2.75) is 39.7 Å². The second-order valence-corrected chi connectivity index (χ2v) is 6.51.